The summed E-state index contributed by atoms with van der Waals surface area (Å²) < 4.78 is 27.9. The molecule has 1 amide bonds. The van der Waals surface area contributed by atoms with E-state index in [1.165, 1.54) is 11.8 Å². The number of fused-ring (bicyclic) bond motifs is 1. The number of benzene rings is 3. The molecule has 3 aromatic carbocycles. The molecule has 154 valence electrons. The average Bonchev–Trinajstić information content (AvgIpc) is 2.79. The molecule has 0 aliphatic carbocycles. The van der Waals surface area contributed by atoms with E-state index >= 15 is 0 Å². The summed E-state index contributed by atoms with van der Waals surface area (Å²) in [7, 11) is -3.95. The highest BCUT2D eigenvalue weighted by Crippen LogP contribution is 2.35. The third-order valence-electron chi connectivity index (χ3n) is 5.01. The third kappa shape index (κ3) is 3.99. The second kappa shape index (κ2) is 8.61. The molecule has 1 heterocycles. The highest BCUT2D eigenvalue weighted by Gasteiger charge is 2.40. The van der Waals surface area contributed by atoms with Gasteiger partial charge in [0, 0.05) is 16.3 Å². The fourth-order valence-electron chi connectivity index (χ4n) is 3.58. The van der Waals surface area contributed by atoms with E-state index in [4.69, 9.17) is 0 Å². The van der Waals surface area contributed by atoms with Gasteiger partial charge in [-0.2, -0.15) is 4.31 Å². The Morgan fingerprint density at radius 2 is 1.57 bits per heavy atom. The number of carbonyl (C=O) groups is 1. The van der Waals surface area contributed by atoms with Crippen LogP contribution >= 0.6 is 11.8 Å². The summed E-state index contributed by atoms with van der Waals surface area (Å²) in [5.74, 6) is -0.776. The number of hydrogen-bond donors (Lipinski definition) is 2. The Balaban J connectivity index is 1.64. The van der Waals surface area contributed by atoms with Crippen molar-refractivity contribution in [2.45, 2.75) is 27.1 Å². The molecule has 0 saturated heterocycles. The molecule has 0 saturated carbocycles. The zero-order valence-electron chi connectivity index (χ0n) is 15.9. The molecule has 4 rings (SSSR count). The van der Waals surface area contributed by atoms with Gasteiger partial charge in [-0.25, -0.2) is 13.9 Å². The van der Waals surface area contributed by atoms with Crippen LogP contribution in [0.5, 0.6) is 0 Å². The van der Waals surface area contributed by atoms with E-state index in [9.17, 15) is 18.4 Å². The zero-order chi connectivity index (χ0) is 21.1. The number of nitrogens with zero attached hydrogens (tertiary/aromatic N) is 1. The van der Waals surface area contributed by atoms with Gasteiger partial charge < -0.3 is 0 Å². The van der Waals surface area contributed by atoms with Gasteiger partial charge in [-0.1, -0.05) is 54.2 Å². The Bertz CT molecular complexity index is 1150. The number of amides is 1. The van der Waals surface area contributed by atoms with E-state index in [0.29, 0.717) is 12.0 Å². The average molecular weight is 441 g/mol. The lowest BCUT2D eigenvalue weighted by Crippen LogP contribution is -2.46. The van der Waals surface area contributed by atoms with Crippen molar-refractivity contribution >= 4 is 27.7 Å². The van der Waals surface area contributed by atoms with Crippen LogP contribution in [-0.4, -0.2) is 30.4 Å². The molecule has 1 aliphatic heterocycles. The fraction of sp³-hybridized carbons (Fsp3) is 0.136. The highest BCUT2D eigenvalue weighted by molar-refractivity contribution is 7.99. The first-order valence-electron chi connectivity index (χ1n) is 9.37. The van der Waals surface area contributed by atoms with Crippen molar-refractivity contribution in [1.82, 2.24) is 9.79 Å². The van der Waals surface area contributed by atoms with Crippen molar-refractivity contribution in [3.8, 4) is 0 Å². The molecule has 0 radical (unpaired) electrons. The number of hydroxylamine groups is 1. The number of rotatable bonds is 5. The van der Waals surface area contributed by atoms with Crippen LogP contribution in [0.4, 0.5) is 0 Å². The van der Waals surface area contributed by atoms with Gasteiger partial charge in [0.25, 0.3) is 5.91 Å². The molecule has 30 heavy (non-hydrogen) atoms. The van der Waals surface area contributed by atoms with Crippen molar-refractivity contribution in [2.75, 3.05) is 6.54 Å². The van der Waals surface area contributed by atoms with Crippen molar-refractivity contribution < 1.29 is 18.4 Å². The van der Waals surface area contributed by atoms with E-state index < -0.39 is 22.0 Å². The summed E-state index contributed by atoms with van der Waals surface area (Å²) >= 11 is 1.54. The van der Waals surface area contributed by atoms with Crippen LogP contribution < -0.4 is 5.48 Å². The summed E-state index contributed by atoms with van der Waals surface area (Å²) in [6.45, 7) is 0.151. The summed E-state index contributed by atoms with van der Waals surface area (Å²) in [4.78, 5) is 14.5. The number of hydrogen-bond acceptors (Lipinski definition) is 5. The monoisotopic (exact) mass is 440 g/mol. The smallest absolute Gasteiger partial charge is 0.266 e. The highest BCUT2D eigenvalue weighted by atomic mass is 32.2. The summed E-state index contributed by atoms with van der Waals surface area (Å²) in [5, 5.41) is 9.22. The Labute approximate surface area is 179 Å². The van der Waals surface area contributed by atoms with Crippen molar-refractivity contribution in [3.63, 3.8) is 0 Å². The van der Waals surface area contributed by atoms with Gasteiger partial charge in [-0.15, -0.1) is 0 Å². The number of carbonyl (C=O) groups excluding carboxylic acids is 1. The maximum absolute atomic E-state index is 13.4. The van der Waals surface area contributed by atoms with Crippen LogP contribution in [0.2, 0.25) is 0 Å². The molecule has 6 nitrogen and oxygen atoms in total. The van der Waals surface area contributed by atoms with E-state index in [-0.39, 0.29) is 11.4 Å². The standard InChI is InChI=1S/C22H20N2O4S2/c25-22(23-26)21-20-9-5-4-6-16(20)14-15-24(21)30(27,28)19-12-10-18(11-13-19)29-17-7-2-1-3-8-17/h1-13,21,26H,14-15H2,(H,23,25)/t21-/m1/s1. The normalized spacial score (nSPS) is 16.6. The molecule has 0 bridgehead atoms. The molecular weight excluding hydrogens is 420 g/mol. The number of sulfonamides is 1. The van der Waals surface area contributed by atoms with E-state index in [2.05, 4.69) is 0 Å². The molecule has 0 aromatic heterocycles. The van der Waals surface area contributed by atoms with Gasteiger partial charge in [0.2, 0.25) is 10.0 Å². The predicted molar refractivity (Wildman–Crippen MR) is 114 cm³/mol. The van der Waals surface area contributed by atoms with Crippen LogP contribution in [0.3, 0.4) is 0 Å². The Hall–Kier alpha value is -2.65. The maximum Gasteiger partial charge on any atom is 0.266 e. The van der Waals surface area contributed by atoms with Gasteiger partial charge in [-0.05, 0) is 53.9 Å². The van der Waals surface area contributed by atoms with Gasteiger partial charge in [0.05, 0.1) is 4.90 Å². The van der Waals surface area contributed by atoms with Crippen LogP contribution in [0.15, 0.2) is 93.5 Å². The third-order valence-corrected chi connectivity index (χ3v) is 7.90. The molecule has 1 aliphatic rings. The van der Waals surface area contributed by atoms with Gasteiger partial charge >= 0.3 is 0 Å². The molecule has 0 fully saturated rings. The zero-order valence-corrected chi connectivity index (χ0v) is 17.6. The van der Waals surface area contributed by atoms with Gasteiger partial charge in [-0.3, -0.25) is 10.0 Å². The minimum Gasteiger partial charge on any atom is -0.289 e. The predicted octanol–water partition coefficient (Wildman–Crippen LogP) is 3.63. The largest absolute Gasteiger partial charge is 0.289 e. The molecule has 1 atom stereocenters. The van der Waals surface area contributed by atoms with Crippen LogP contribution in [0, 0.1) is 0 Å². The lowest BCUT2D eigenvalue weighted by molar-refractivity contribution is -0.133. The maximum atomic E-state index is 13.4. The topological polar surface area (TPSA) is 86.7 Å². The molecular formula is C22H20N2O4S2. The minimum atomic E-state index is -3.95. The van der Waals surface area contributed by atoms with Gasteiger partial charge in [0.1, 0.15) is 6.04 Å². The van der Waals surface area contributed by atoms with E-state index in [1.807, 2.05) is 42.5 Å². The summed E-state index contributed by atoms with van der Waals surface area (Å²) in [5.41, 5.74) is 3.09. The SMILES string of the molecule is O=C(NO)[C@H]1c2ccccc2CCN1S(=O)(=O)c1ccc(Sc2ccccc2)cc1. The van der Waals surface area contributed by atoms with Crippen LogP contribution in [0.25, 0.3) is 0 Å². The lowest BCUT2D eigenvalue weighted by Gasteiger charge is -2.34. The first kappa shape index (κ1) is 20.6. The number of nitrogens with one attached hydrogen (secondary N) is 1. The Morgan fingerprint density at radius 3 is 2.27 bits per heavy atom. The quantitative estimate of drug-likeness (QED) is 0.467. The van der Waals surface area contributed by atoms with E-state index in [1.54, 1.807) is 41.9 Å². The summed E-state index contributed by atoms with van der Waals surface area (Å²) in [6.07, 6.45) is 0.493. The second-order valence-electron chi connectivity index (χ2n) is 6.83. The van der Waals surface area contributed by atoms with Crippen molar-refractivity contribution in [3.05, 3.63) is 90.0 Å². The Morgan fingerprint density at radius 1 is 0.933 bits per heavy atom. The van der Waals surface area contributed by atoms with Crippen LogP contribution in [0.1, 0.15) is 17.2 Å². The van der Waals surface area contributed by atoms with Crippen LogP contribution in [-0.2, 0) is 21.2 Å². The minimum absolute atomic E-state index is 0.107. The first-order chi connectivity index (χ1) is 14.5. The lowest BCUT2D eigenvalue weighted by atomic mass is 9.94. The molecule has 2 N–H and O–H groups in total. The Kier molecular flexibility index (Phi) is 5.92. The molecule has 3 aromatic rings. The first-order valence-corrected chi connectivity index (χ1v) is 11.6. The van der Waals surface area contributed by atoms with Gasteiger partial charge in [0.15, 0.2) is 0 Å². The molecule has 8 heteroatoms. The molecule has 0 spiro atoms. The van der Waals surface area contributed by atoms with E-state index in [0.717, 1.165) is 19.7 Å². The van der Waals surface area contributed by atoms with Crippen molar-refractivity contribution in [2.24, 2.45) is 0 Å². The molecule has 0 unspecified atom stereocenters. The van der Waals surface area contributed by atoms with Crippen molar-refractivity contribution in [1.29, 1.82) is 0 Å². The summed E-state index contributed by atoms with van der Waals surface area (Å²) in [6, 6.07) is 22.5. The second-order valence-corrected chi connectivity index (χ2v) is 9.87. The fourth-order valence-corrected chi connectivity index (χ4v) is 5.98.